The number of hydrogen-bond acceptors (Lipinski definition) is 1. The number of methoxy groups -OCH3 is 1. The van der Waals surface area contributed by atoms with Crippen LogP contribution in [0.25, 0.3) is 0 Å². The first-order valence-corrected chi connectivity index (χ1v) is 5.94. The lowest BCUT2D eigenvalue weighted by Gasteiger charge is -2.18. The average molecular weight is 196 g/mol. The summed E-state index contributed by atoms with van der Waals surface area (Å²) in [6, 6.07) is 0. The van der Waals surface area contributed by atoms with Crippen LogP contribution >= 0.6 is 0 Å². The number of rotatable bonds is 7. The second-order valence-electron chi connectivity index (χ2n) is 3.78. The zero-order valence-corrected chi connectivity index (χ0v) is 10.5. The van der Waals surface area contributed by atoms with Crippen molar-refractivity contribution in [2.75, 3.05) is 13.7 Å². The Morgan fingerprint density at radius 2 is 1.57 bits per heavy atom. The summed E-state index contributed by atoms with van der Waals surface area (Å²) in [5.74, 6) is 0. The largest absolute Gasteiger partial charge is 0.380 e. The van der Waals surface area contributed by atoms with E-state index in [2.05, 4.69) is 27.7 Å². The van der Waals surface area contributed by atoms with Crippen molar-refractivity contribution in [3.63, 3.8) is 0 Å². The van der Waals surface area contributed by atoms with E-state index in [0.717, 1.165) is 19.7 Å². The highest BCUT2D eigenvalue weighted by Gasteiger charge is 2.16. The molecule has 0 aliphatic carbocycles. The molecule has 82 valence electrons. The molecule has 0 aromatic heterocycles. The van der Waals surface area contributed by atoms with E-state index in [-0.39, 0.29) is 0 Å². The van der Waals surface area contributed by atoms with Gasteiger partial charge in [0, 0.05) is 7.11 Å². The van der Waals surface area contributed by atoms with Gasteiger partial charge in [-0.05, 0) is 12.8 Å². The molecule has 0 spiro atoms. The number of ether oxygens (including phenoxy) is 1. The van der Waals surface area contributed by atoms with Crippen LogP contribution in [-0.4, -0.2) is 20.4 Å². The summed E-state index contributed by atoms with van der Waals surface area (Å²) < 4.78 is 5.26. The van der Waals surface area contributed by atoms with Gasteiger partial charge in [0.25, 0.3) is 0 Å². The summed E-state index contributed by atoms with van der Waals surface area (Å²) in [7, 11) is 1.79. The fraction of sp³-hybridized carbons (Fsp3) is 0.833. The van der Waals surface area contributed by atoms with Crippen molar-refractivity contribution >= 4 is 6.71 Å². The molecule has 0 aliphatic rings. The molecule has 0 aromatic carbocycles. The van der Waals surface area contributed by atoms with Gasteiger partial charge in [0.2, 0.25) is 0 Å². The first kappa shape index (κ1) is 13.8. The molecule has 2 heteroatoms. The molecule has 1 nitrogen and oxygen atoms in total. The Kier molecular flexibility index (Phi) is 7.97. The summed E-state index contributed by atoms with van der Waals surface area (Å²) in [5.41, 5.74) is 3.16. The van der Waals surface area contributed by atoms with Crippen LogP contribution < -0.4 is 0 Å². The molecule has 0 N–H and O–H groups in total. The smallest absolute Gasteiger partial charge is 0.170 e. The second kappa shape index (κ2) is 8.10. The quantitative estimate of drug-likeness (QED) is 0.562. The molecule has 0 aliphatic heterocycles. The molecule has 0 unspecified atom stereocenters. The van der Waals surface area contributed by atoms with E-state index in [1.54, 1.807) is 12.6 Å². The first-order valence-electron chi connectivity index (χ1n) is 5.94. The van der Waals surface area contributed by atoms with Crippen molar-refractivity contribution < 1.29 is 4.74 Å². The van der Waals surface area contributed by atoms with Gasteiger partial charge in [0.15, 0.2) is 6.71 Å². The van der Waals surface area contributed by atoms with E-state index in [1.165, 1.54) is 24.6 Å². The SMILES string of the molecule is CCB(CC)C(CC)=C(CC)COC. The Morgan fingerprint density at radius 3 is 1.86 bits per heavy atom. The molecular weight excluding hydrogens is 171 g/mol. The van der Waals surface area contributed by atoms with Gasteiger partial charge in [-0.1, -0.05) is 51.4 Å². The minimum Gasteiger partial charge on any atom is -0.380 e. The highest BCUT2D eigenvalue weighted by atomic mass is 16.5. The first-order chi connectivity index (χ1) is 6.74. The van der Waals surface area contributed by atoms with Crippen molar-refractivity contribution in [3.8, 4) is 0 Å². The van der Waals surface area contributed by atoms with Crippen molar-refractivity contribution in [1.29, 1.82) is 0 Å². The van der Waals surface area contributed by atoms with Crippen LogP contribution in [0, 0.1) is 0 Å². The summed E-state index contributed by atoms with van der Waals surface area (Å²) >= 11 is 0. The molecule has 0 saturated heterocycles. The number of hydrogen-bond donors (Lipinski definition) is 0. The maximum atomic E-state index is 5.26. The summed E-state index contributed by atoms with van der Waals surface area (Å²) in [6.45, 7) is 10.6. The Morgan fingerprint density at radius 1 is 1.00 bits per heavy atom. The van der Waals surface area contributed by atoms with Gasteiger partial charge in [-0.2, -0.15) is 0 Å². The van der Waals surface area contributed by atoms with Crippen LogP contribution in [0.2, 0.25) is 12.6 Å². The van der Waals surface area contributed by atoms with Crippen LogP contribution in [-0.2, 0) is 4.74 Å². The van der Waals surface area contributed by atoms with E-state index < -0.39 is 0 Å². The topological polar surface area (TPSA) is 9.23 Å². The van der Waals surface area contributed by atoms with Gasteiger partial charge < -0.3 is 4.74 Å². The predicted octanol–water partition coefficient (Wildman–Crippen LogP) is 3.82. The van der Waals surface area contributed by atoms with Gasteiger partial charge in [0.1, 0.15) is 0 Å². The molecule has 0 saturated carbocycles. The summed E-state index contributed by atoms with van der Waals surface area (Å²) in [5, 5.41) is 0. The molecule has 0 bridgehead atoms. The van der Waals surface area contributed by atoms with Crippen LogP contribution in [0.4, 0.5) is 0 Å². The highest BCUT2D eigenvalue weighted by Crippen LogP contribution is 2.20. The Balaban J connectivity index is 4.74. The zero-order valence-electron chi connectivity index (χ0n) is 10.5. The molecule has 0 rings (SSSR count). The monoisotopic (exact) mass is 196 g/mol. The van der Waals surface area contributed by atoms with Crippen molar-refractivity contribution in [3.05, 3.63) is 11.0 Å². The fourth-order valence-electron chi connectivity index (χ4n) is 2.20. The normalized spacial score (nSPS) is 12.6. The Labute approximate surface area is 90.0 Å². The van der Waals surface area contributed by atoms with Crippen LogP contribution in [0.1, 0.15) is 40.5 Å². The molecule has 0 atom stereocenters. The van der Waals surface area contributed by atoms with E-state index in [0.29, 0.717) is 0 Å². The lowest BCUT2D eigenvalue weighted by molar-refractivity contribution is 0.223. The third-order valence-electron chi connectivity index (χ3n) is 3.06. The van der Waals surface area contributed by atoms with Gasteiger partial charge in [-0.15, -0.1) is 0 Å². The minimum absolute atomic E-state index is 0.769. The maximum absolute atomic E-state index is 5.26. The summed E-state index contributed by atoms with van der Waals surface area (Å²) in [6.07, 6.45) is 4.83. The average Bonchev–Trinajstić information content (AvgIpc) is 2.23. The number of allylic oxidation sites excluding steroid dienone is 1. The third kappa shape index (κ3) is 3.87. The highest BCUT2D eigenvalue weighted by molar-refractivity contribution is 6.66. The predicted molar refractivity (Wildman–Crippen MR) is 66.2 cm³/mol. The van der Waals surface area contributed by atoms with Gasteiger partial charge in [0.05, 0.1) is 6.61 Å². The zero-order chi connectivity index (χ0) is 11.0. The Hall–Kier alpha value is -0.235. The standard InChI is InChI=1S/C12H25BO/c1-6-11(10-14-5)12(7-2)13(8-3)9-4/h6-10H2,1-5H3. The Bertz CT molecular complexity index is 171. The molecule has 0 radical (unpaired) electrons. The third-order valence-corrected chi connectivity index (χ3v) is 3.06. The maximum Gasteiger partial charge on any atom is 0.170 e. The van der Waals surface area contributed by atoms with Gasteiger partial charge in [-0.3, -0.25) is 0 Å². The van der Waals surface area contributed by atoms with Crippen LogP contribution in [0.5, 0.6) is 0 Å². The van der Waals surface area contributed by atoms with Crippen LogP contribution in [0.3, 0.4) is 0 Å². The lowest BCUT2D eigenvalue weighted by atomic mass is 9.39. The van der Waals surface area contributed by atoms with Crippen molar-refractivity contribution in [2.24, 2.45) is 0 Å². The van der Waals surface area contributed by atoms with Gasteiger partial charge >= 0.3 is 0 Å². The molecule has 0 fully saturated rings. The summed E-state index contributed by atoms with van der Waals surface area (Å²) in [4.78, 5) is 0. The van der Waals surface area contributed by atoms with E-state index in [9.17, 15) is 0 Å². The minimum atomic E-state index is 0.769. The van der Waals surface area contributed by atoms with Gasteiger partial charge in [-0.25, -0.2) is 0 Å². The fourth-order valence-corrected chi connectivity index (χ4v) is 2.20. The van der Waals surface area contributed by atoms with Crippen molar-refractivity contribution in [1.82, 2.24) is 0 Å². The van der Waals surface area contributed by atoms with E-state index in [4.69, 9.17) is 4.74 Å². The second-order valence-corrected chi connectivity index (χ2v) is 3.78. The van der Waals surface area contributed by atoms with Crippen molar-refractivity contribution in [2.45, 2.75) is 53.2 Å². The van der Waals surface area contributed by atoms with Crippen LogP contribution in [0.15, 0.2) is 11.0 Å². The van der Waals surface area contributed by atoms with E-state index >= 15 is 0 Å². The molecule has 0 heterocycles. The molecule has 14 heavy (non-hydrogen) atoms. The molecular formula is C12H25BO. The molecule has 0 aromatic rings. The van der Waals surface area contributed by atoms with E-state index in [1.807, 2.05) is 0 Å². The lowest BCUT2D eigenvalue weighted by Crippen LogP contribution is -2.17. The molecule has 0 amide bonds.